The Labute approximate surface area is 177 Å². The molecule has 0 bridgehead atoms. The van der Waals surface area contributed by atoms with Gasteiger partial charge in [-0.1, -0.05) is 42.0 Å². The molecular weight excluding hydrogens is 396 g/mol. The molecule has 0 saturated carbocycles. The first-order chi connectivity index (χ1) is 14.7. The fourth-order valence-corrected chi connectivity index (χ4v) is 3.99. The molecule has 148 valence electrons. The van der Waals surface area contributed by atoms with Crippen molar-refractivity contribution < 1.29 is 4.74 Å². The van der Waals surface area contributed by atoms with Gasteiger partial charge in [-0.15, -0.1) is 26.6 Å². The van der Waals surface area contributed by atoms with E-state index < -0.39 is 0 Å². The number of methoxy groups -OCH3 is 1. The van der Waals surface area contributed by atoms with Gasteiger partial charge in [0.05, 0.1) is 18.5 Å². The molecule has 0 unspecified atom stereocenters. The summed E-state index contributed by atoms with van der Waals surface area (Å²) in [5, 5.41) is 18.3. The van der Waals surface area contributed by atoms with Gasteiger partial charge in [-0.05, 0) is 31.2 Å². The van der Waals surface area contributed by atoms with Crippen molar-refractivity contribution in [2.45, 2.75) is 6.92 Å². The van der Waals surface area contributed by atoms with Crippen LogP contribution in [0, 0.1) is 6.92 Å². The van der Waals surface area contributed by atoms with Crippen LogP contribution in [0.5, 0.6) is 5.75 Å². The summed E-state index contributed by atoms with van der Waals surface area (Å²) in [6.07, 6.45) is 0. The molecule has 1 N–H and O–H groups in total. The standard InChI is InChI=1S/C22H18N6OS/c1-14-7-9-15(10-8-14)17-11-12-20(26-25-17)23-21-24-22-28(27-21)18(13-30-22)16-5-3-4-6-19(16)29-2/h3-13H,1-2H3,(H,23,26,27). The van der Waals surface area contributed by atoms with E-state index in [1.807, 2.05) is 53.9 Å². The SMILES string of the molecule is COc1ccccc1-c1csc2nc(Nc3ccc(-c4ccc(C)cc4)nn3)nn12. The highest BCUT2D eigenvalue weighted by molar-refractivity contribution is 7.15. The first-order valence-electron chi connectivity index (χ1n) is 9.37. The number of benzene rings is 2. The van der Waals surface area contributed by atoms with Crippen LogP contribution in [0.4, 0.5) is 11.8 Å². The van der Waals surface area contributed by atoms with Crippen molar-refractivity contribution in [3.05, 3.63) is 71.6 Å². The first kappa shape index (κ1) is 18.3. The highest BCUT2D eigenvalue weighted by Gasteiger charge is 2.15. The van der Waals surface area contributed by atoms with Crippen molar-refractivity contribution in [3.63, 3.8) is 0 Å². The van der Waals surface area contributed by atoms with E-state index >= 15 is 0 Å². The van der Waals surface area contributed by atoms with Crippen LogP contribution >= 0.6 is 11.3 Å². The van der Waals surface area contributed by atoms with Gasteiger partial charge in [-0.3, -0.25) is 0 Å². The molecule has 0 aliphatic carbocycles. The third-order valence-corrected chi connectivity index (χ3v) is 5.53. The van der Waals surface area contributed by atoms with Crippen LogP contribution in [0.25, 0.3) is 27.5 Å². The molecule has 8 heteroatoms. The Morgan fingerprint density at radius 2 is 1.80 bits per heavy atom. The average molecular weight is 414 g/mol. The topological polar surface area (TPSA) is 77.2 Å². The van der Waals surface area contributed by atoms with Crippen LogP contribution in [-0.4, -0.2) is 31.9 Å². The number of fused-ring (bicyclic) bond motifs is 1. The highest BCUT2D eigenvalue weighted by atomic mass is 32.1. The fraction of sp³-hybridized carbons (Fsp3) is 0.0909. The summed E-state index contributed by atoms with van der Waals surface area (Å²) in [6, 6.07) is 19.9. The Morgan fingerprint density at radius 1 is 0.967 bits per heavy atom. The number of anilines is 2. The molecule has 0 amide bonds. The van der Waals surface area contributed by atoms with Crippen LogP contribution in [0.1, 0.15) is 5.56 Å². The van der Waals surface area contributed by atoms with Crippen molar-refractivity contribution >= 4 is 28.1 Å². The number of nitrogens with one attached hydrogen (secondary N) is 1. The van der Waals surface area contributed by atoms with E-state index in [0.29, 0.717) is 11.8 Å². The second-order valence-electron chi connectivity index (χ2n) is 6.75. The maximum atomic E-state index is 5.48. The summed E-state index contributed by atoms with van der Waals surface area (Å²) < 4.78 is 7.29. The predicted molar refractivity (Wildman–Crippen MR) is 118 cm³/mol. The van der Waals surface area contributed by atoms with E-state index in [4.69, 9.17) is 4.74 Å². The third kappa shape index (κ3) is 3.37. The molecule has 3 heterocycles. The van der Waals surface area contributed by atoms with E-state index in [-0.39, 0.29) is 0 Å². The van der Waals surface area contributed by atoms with E-state index in [0.717, 1.165) is 33.2 Å². The van der Waals surface area contributed by atoms with Gasteiger partial charge in [0.15, 0.2) is 5.82 Å². The zero-order chi connectivity index (χ0) is 20.5. The van der Waals surface area contributed by atoms with Crippen LogP contribution in [0.15, 0.2) is 66.0 Å². The largest absolute Gasteiger partial charge is 0.496 e. The minimum absolute atomic E-state index is 0.468. The molecule has 0 aliphatic heterocycles. The lowest BCUT2D eigenvalue weighted by Crippen LogP contribution is -1.99. The van der Waals surface area contributed by atoms with Gasteiger partial charge >= 0.3 is 0 Å². The Bertz CT molecular complexity index is 1310. The lowest BCUT2D eigenvalue weighted by Gasteiger charge is -2.06. The molecule has 30 heavy (non-hydrogen) atoms. The van der Waals surface area contributed by atoms with Crippen LogP contribution in [-0.2, 0) is 0 Å². The number of hydrogen-bond acceptors (Lipinski definition) is 7. The molecule has 0 aliphatic rings. The first-order valence-corrected chi connectivity index (χ1v) is 10.2. The Morgan fingerprint density at radius 3 is 2.57 bits per heavy atom. The number of ether oxygens (including phenoxy) is 1. The van der Waals surface area contributed by atoms with Gasteiger partial charge in [0, 0.05) is 16.5 Å². The van der Waals surface area contributed by atoms with Crippen molar-refractivity contribution in [2.24, 2.45) is 0 Å². The zero-order valence-corrected chi connectivity index (χ0v) is 17.2. The van der Waals surface area contributed by atoms with E-state index in [2.05, 4.69) is 44.7 Å². The molecule has 7 nitrogen and oxygen atoms in total. The molecule has 0 atom stereocenters. The van der Waals surface area contributed by atoms with Crippen molar-refractivity contribution in [3.8, 4) is 28.3 Å². The normalized spacial score (nSPS) is 11.0. The summed E-state index contributed by atoms with van der Waals surface area (Å²) in [5.41, 5.74) is 4.95. The number of aromatic nitrogens is 5. The summed E-state index contributed by atoms with van der Waals surface area (Å²) in [5.74, 6) is 1.85. The molecule has 0 radical (unpaired) electrons. The third-order valence-electron chi connectivity index (χ3n) is 4.72. The monoisotopic (exact) mass is 414 g/mol. The van der Waals surface area contributed by atoms with Crippen LogP contribution < -0.4 is 10.1 Å². The average Bonchev–Trinajstić information content (AvgIpc) is 3.35. The van der Waals surface area contributed by atoms with E-state index in [1.165, 1.54) is 16.9 Å². The second-order valence-corrected chi connectivity index (χ2v) is 7.58. The fourth-order valence-electron chi connectivity index (χ4n) is 3.17. The lowest BCUT2D eigenvalue weighted by molar-refractivity contribution is 0.416. The zero-order valence-electron chi connectivity index (χ0n) is 16.4. The Hall–Kier alpha value is -3.78. The van der Waals surface area contributed by atoms with Crippen LogP contribution in [0.3, 0.4) is 0 Å². The number of hydrogen-bond donors (Lipinski definition) is 1. The van der Waals surface area contributed by atoms with Crippen molar-refractivity contribution in [1.82, 2.24) is 24.8 Å². The smallest absolute Gasteiger partial charge is 0.249 e. The maximum Gasteiger partial charge on any atom is 0.249 e. The number of aryl methyl sites for hydroxylation is 1. The highest BCUT2D eigenvalue weighted by Crippen LogP contribution is 2.32. The number of para-hydroxylation sites is 1. The van der Waals surface area contributed by atoms with Gasteiger partial charge < -0.3 is 10.1 Å². The van der Waals surface area contributed by atoms with Gasteiger partial charge in [-0.2, -0.15) is 4.98 Å². The Kier molecular flexibility index (Phi) is 4.61. The van der Waals surface area contributed by atoms with Crippen LogP contribution in [0.2, 0.25) is 0 Å². The molecule has 0 saturated heterocycles. The van der Waals surface area contributed by atoms with Gasteiger partial charge in [-0.25, -0.2) is 4.52 Å². The molecule has 2 aromatic carbocycles. The Balaban J connectivity index is 1.41. The summed E-state index contributed by atoms with van der Waals surface area (Å²) >= 11 is 1.52. The summed E-state index contributed by atoms with van der Waals surface area (Å²) in [6.45, 7) is 2.06. The molecule has 5 rings (SSSR count). The molecular formula is C22H18N6OS. The minimum atomic E-state index is 0.468. The maximum absolute atomic E-state index is 5.48. The van der Waals surface area contributed by atoms with Crippen molar-refractivity contribution in [2.75, 3.05) is 12.4 Å². The summed E-state index contributed by atoms with van der Waals surface area (Å²) in [4.78, 5) is 5.33. The molecule has 3 aromatic heterocycles. The second kappa shape index (κ2) is 7.57. The number of rotatable bonds is 5. The minimum Gasteiger partial charge on any atom is -0.496 e. The quantitative estimate of drug-likeness (QED) is 0.437. The predicted octanol–water partition coefficient (Wildman–Crippen LogP) is 4.98. The lowest BCUT2D eigenvalue weighted by atomic mass is 10.1. The molecule has 5 aromatic rings. The molecule has 0 fully saturated rings. The van der Waals surface area contributed by atoms with Gasteiger partial charge in [0.25, 0.3) is 0 Å². The number of thiazole rings is 1. The molecule has 0 spiro atoms. The number of nitrogens with zero attached hydrogens (tertiary/aromatic N) is 5. The van der Waals surface area contributed by atoms with E-state index in [1.54, 1.807) is 11.6 Å². The van der Waals surface area contributed by atoms with E-state index in [9.17, 15) is 0 Å². The van der Waals surface area contributed by atoms with Gasteiger partial charge in [0.2, 0.25) is 10.9 Å². The summed E-state index contributed by atoms with van der Waals surface area (Å²) in [7, 11) is 1.66. The van der Waals surface area contributed by atoms with Crippen molar-refractivity contribution in [1.29, 1.82) is 0 Å². The van der Waals surface area contributed by atoms with Gasteiger partial charge in [0.1, 0.15) is 5.75 Å².